The molecule has 0 bridgehead atoms. The first-order valence-electron chi connectivity index (χ1n) is 4.69. The second-order valence-electron chi connectivity index (χ2n) is 3.28. The van der Waals surface area contributed by atoms with E-state index >= 15 is 0 Å². The number of methoxy groups -OCH3 is 1. The lowest BCUT2D eigenvalue weighted by atomic mass is 10.1. The molecular weight excluding hydrogens is 291 g/mol. The maximum Gasteiger partial charge on any atom is 0.170 e. The molecule has 2 nitrogen and oxygen atoms in total. The van der Waals surface area contributed by atoms with Crippen molar-refractivity contribution in [3.8, 4) is 5.75 Å². The van der Waals surface area contributed by atoms with Crippen LogP contribution in [0.1, 0.15) is 11.1 Å². The third-order valence-corrected chi connectivity index (χ3v) is 3.21. The average Bonchev–Trinajstić information content (AvgIpc) is 2.29. The molecule has 1 aromatic carbocycles. The van der Waals surface area contributed by atoms with Gasteiger partial charge in [0.05, 0.1) is 13.0 Å². The lowest BCUT2D eigenvalue weighted by molar-refractivity contribution is -0.112. The van der Waals surface area contributed by atoms with Crippen LogP contribution < -0.4 is 4.74 Å². The van der Waals surface area contributed by atoms with Crippen LogP contribution in [0.25, 0.3) is 6.08 Å². The Morgan fingerprint density at radius 2 is 2.25 bits per heavy atom. The fourth-order valence-electron chi connectivity index (χ4n) is 1.20. The molecule has 0 N–H and O–H groups in total. The summed E-state index contributed by atoms with van der Waals surface area (Å²) >= 11 is 8.84. The highest BCUT2D eigenvalue weighted by Gasteiger charge is 2.04. The third kappa shape index (κ3) is 3.35. The van der Waals surface area contributed by atoms with E-state index < -0.39 is 0 Å². The van der Waals surface area contributed by atoms with E-state index in [0.717, 1.165) is 21.3 Å². The van der Waals surface area contributed by atoms with Gasteiger partial charge in [-0.25, -0.2) is 0 Å². The van der Waals surface area contributed by atoms with Crippen LogP contribution in [0.15, 0.2) is 22.7 Å². The molecule has 0 aromatic heterocycles. The van der Waals surface area contributed by atoms with Crippen LogP contribution in [-0.2, 0) is 4.79 Å². The molecule has 0 atom stereocenters. The van der Waals surface area contributed by atoms with Gasteiger partial charge < -0.3 is 4.74 Å². The number of aryl methyl sites for hydroxylation is 1. The Hall–Kier alpha value is -0.800. The zero-order chi connectivity index (χ0) is 12.1. The number of halogens is 2. The van der Waals surface area contributed by atoms with Crippen molar-refractivity contribution in [3.05, 3.63) is 33.8 Å². The predicted molar refractivity (Wildman–Crippen MR) is 70.2 cm³/mol. The topological polar surface area (TPSA) is 26.3 Å². The molecule has 0 saturated heterocycles. The lowest BCUT2D eigenvalue weighted by Gasteiger charge is -2.07. The molecule has 0 fully saturated rings. The minimum absolute atomic E-state index is 0.00809. The minimum Gasteiger partial charge on any atom is -0.496 e. The van der Waals surface area contributed by atoms with E-state index in [9.17, 15) is 4.79 Å². The highest BCUT2D eigenvalue weighted by Crippen LogP contribution is 2.27. The number of benzene rings is 1. The highest BCUT2D eigenvalue weighted by molar-refractivity contribution is 9.10. The van der Waals surface area contributed by atoms with E-state index in [-0.39, 0.29) is 11.7 Å². The van der Waals surface area contributed by atoms with E-state index in [1.165, 1.54) is 6.08 Å². The average molecular weight is 304 g/mol. The van der Waals surface area contributed by atoms with E-state index in [2.05, 4.69) is 15.9 Å². The molecule has 1 aromatic rings. The molecule has 0 aliphatic carbocycles. The Morgan fingerprint density at radius 3 is 2.81 bits per heavy atom. The number of ether oxygens (including phenoxy) is 1. The zero-order valence-corrected chi connectivity index (χ0v) is 11.4. The number of ketones is 1. The molecule has 16 heavy (non-hydrogen) atoms. The van der Waals surface area contributed by atoms with Gasteiger partial charge >= 0.3 is 0 Å². The van der Waals surface area contributed by atoms with E-state index in [0.29, 0.717) is 0 Å². The van der Waals surface area contributed by atoms with Crippen LogP contribution in [-0.4, -0.2) is 18.8 Å². The Bertz CT molecular complexity index is 427. The number of carbonyl (C=O) groups is 1. The van der Waals surface area contributed by atoms with Gasteiger partial charge in [-0.15, -0.1) is 11.6 Å². The van der Waals surface area contributed by atoms with Gasteiger partial charge in [-0.2, -0.15) is 0 Å². The first-order chi connectivity index (χ1) is 7.58. The van der Waals surface area contributed by atoms with Crippen LogP contribution in [0.4, 0.5) is 0 Å². The summed E-state index contributed by atoms with van der Waals surface area (Å²) in [5.41, 5.74) is 1.93. The van der Waals surface area contributed by atoms with Gasteiger partial charge in [0.15, 0.2) is 5.78 Å². The van der Waals surface area contributed by atoms with Crippen molar-refractivity contribution >= 4 is 39.4 Å². The maximum absolute atomic E-state index is 11.1. The molecule has 0 aliphatic heterocycles. The summed E-state index contributed by atoms with van der Waals surface area (Å²) in [7, 11) is 1.60. The van der Waals surface area contributed by atoms with Gasteiger partial charge in [-0.3, -0.25) is 4.79 Å². The first kappa shape index (κ1) is 13.3. The fraction of sp³-hybridized carbons (Fsp3) is 0.250. The molecule has 86 valence electrons. The van der Waals surface area contributed by atoms with Crippen molar-refractivity contribution < 1.29 is 9.53 Å². The van der Waals surface area contributed by atoms with Crippen molar-refractivity contribution in [1.82, 2.24) is 0 Å². The summed E-state index contributed by atoms with van der Waals surface area (Å²) < 4.78 is 6.21. The monoisotopic (exact) mass is 302 g/mol. The summed E-state index contributed by atoms with van der Waals surface area (Å²) in [6.45, 7) is 1.98. The first-order valence-corrected chi connectivity index (χ1v) is 6.02. The van der Waals surface area contributed by atoms with Crippen molar-refractivity contribution in [2.24, 2.45) is 0 Å². The normalized spacial score (nSPS) is 10.8. The predicted octanol–water partition coefficient (Wildman–Crippen LogP) is 3.59. The Morgan fingerprint density at radius 1 is 1.56 bits per heavy atom. The van der Waals surface area contributed by atoms with Crippen molar-refractivity contribution in [3.63, 3.8) is 0 Å². The van der Waals surface area contributed by atoms with Crippen molar-refractivity contribution in [2.75, 3.05) is 13.0 Å². The minimum atomic E-state index is -0.125. The number of allylic oxidation sites excluding steroid dienone is 1. The number of carbonyl (C=O) groups excluding carboxylic acids is 1. The molecule has 0 amide bonds. The van der Waals surface area contributed by atoms with E-state index in [1.807, 2.05) is 19.1 Å². The van der Waals surface area contributed by atoms with Gasteiger partial charge in [-0.1, -0.05) is 15.9 Å². The second-order valence-corrected chi connectivity index (χ2v) is 4.40. The van der Waals surface area contributed by atoms with Gasteiger partial charge in [0.2, 0.25) is 0 Å². The molecule has 0 unspecified atom stereocenters. The van der Waals surface area contributed by atoms with Crippen molar-refractivity contribution in [1.29, 1.82) is 0 Å². The largest absolute Gasteiger partial charge is 0.496 e. The maximum atomic E-state index is 11.1. The third-order valence-electron chi connectivity index (χ3n) is 2.09. The molecular formula is C12H12BrClO2. The molecule has 4 heteroatoms. The number of alkyl halides is 1. The molecule has 0 radical (unpaired) electrons. The summed E-state index contributed by atoms with van der Waals surface area (Å²) in [5, 5.41) is 0. The molecule has 0 heterocycles. The highest BCUT2D eigenvalue weighted by atomic mass is 79.9. The number of hydrogen-bond donors (Lipinski definition) is 0. The molecule has 0 aliphatic rings. The second kappa shape index (κ2) is 6.06. The Labute approximate surface area is 108 Å². The van der Waals surface area contributed by atoms with E-state index in [1.54, 1.807) is 13.2 Å². The fourth-order valence-corrected chi connectivity index (χ4v) is 1.65. The van der Waals surface area contributed by atoms with Gasteiger partial charge in [0.25, 0.3) is 0 Å². The smallest absolute Gasteiger partial charge is 0.170 e. The van der Waals surface area contributed by atoms with Crippen LogP contribution >= 0.6 is 27.5 Å². The van der Waals surface area contributed by atoms with E-state index in [4.69, 9.17) is 16.3 Å². The Balaban J connectivity index is 3.07. The van der Waals surface area contributed by atoms with Crippen LogP contribution in [0.2, 0.25) is 0 Å². The number of rotatable bonds is 4. The summed E-state index contributed by atoms with van der Waals surface area (Å²) in [5.74, 6) is 0.603. The molecule has 0 spiro atoms. The zero-order valence-electron chi connectivity index (χ0n) is 9.09. The molecule has 0 saturated carbocycles. The van der Waals surface area contributed by atoms with Gasteiger partial charge in [0.1, 0.15) is 5.75 Å². The van der Waals surface area contributed by atoms with Crippen LogP contribution in [0, 0.1) is 6.92 Å². The quantitative estimate of drug-likeness (QED) is 0.627. The SMILES string of the molecule is COc1cc(C)c(Br)cc1C=CC(=O)CCl. The summed E-state index contributed by atoms with van der Waals surface area (Å²) in [4.78, 5) is 11.1. The summed E-state index contributed by atoms with van der Waals surface area (Å²) in [6, 6.07) is 3.82. The van der Waals surface area contributed by atoms with Gasteiger partial charge in [0, 0.05) is 10.0 Å². The summed E-state index contributed by atoms with van der Waals surface area (Å²) in [6.07, 6.45) is 3.15. The van der Waals surface area contributed by atoms with Crippen LogP contribution in [0.5, 0.6) is 5.75 Å². The molecule has 1 rings (SSSR count). The van der Waals surface area contributed by atoms with Crippen LogP contribution in [0.3, 0.4) is 0 Å². The lowest BCUT2D eigenvalue weighted by Crippen LogP contribution is -1.93. The Kier molecular flexibility index (Phi) is 5.03. The number of hydrogen-bond acceptors (Lipinski definition) is 2. The van der Waals surface area contributed by atoms with Crippen molar-refractivity contribution in [2.45, 2.75) is 6.92 Å². The van der Waals surface area contributed by atoms with Gasteiger partial charge in [-0.05, 0) is 36.8 Å². The standard InChI is InChI=1S/C12H12BrClO2/c1-8-5-12(16-2)9(6-11(8)13)3-4-10(15)7-14/h3-6H,7H2,1-2H3.